The highest BCUT2D eigenvalue weighted by molar-refractivity contribution is 7.99. The molecule has 6 heteroatoms. The predicted octanol–water partition coefficient (Wildman–Crippen LogP) is 2.60. The van der Waals surface area contributed by atoms with Crippen LogP contribution in [0.4, 0.5) is 4.79 Å². The fourth-order valence-corrected chi connectivity index (χ4v) is 5.28. The Morgan fingerprint density at radius 2 is 1.92 bits per heavy atom. The molecular weight excluding hydrogens is 322 g/mol. The van der Waals surface area contributed by atoms with Crippen LogP contribution in [0.3, 0.4) is 0 Å². The van der Waals surface area contributed by atoms with Crippen LogP contribution >= 0.6 is 11.8 Å². The van der Waals surface area contributed by atoms with Gasteiger partial charge in [-0.3, -0.25) is 9.69 Å². The number of imide groups is 1. The van der Waals surface area contributed by atoms with Crippen LogP contribution in [0, 0.1) is 0 Å². The molecule has 0 unspecified atom stereocenters. The molecule has 1 aromatic carbocycles. The molecule has 0 aromatic heterocycles. The molecule has 3 amide bonds. The maximum absolute atomic E-state index is 12.9. The van der Waals surface area contributed by atoms with Gasteiger partial charge in [0.25, 0.3) is 5.91 Å². The molecule has 0 saturated carbocycles. The zero-order valence-corrected chi connectivity index (χ0v) is 14.6. The van der Waals surface area contributed by atoms with Gasteiger partial charge in [-0.15, -0.1) is 0 Å². The third-order valence-corrected chi connectivity index (χ3v) is 6.45. The number of benzene rings is 1. The van der Waals surface area contributed by atoms with Crippen molar-refractivity contribution in [3.8, 4) is 0 Å². The Balaban J connectivity index is 1.50. The van der Waals surface area contributed by atoms with Gasteiger partial charge in [-0.1, -0.05) is 30.3 Å². The van der Waals surface area contributed by atoms with Crippen LogP contribution in [0.1, 0.15) is 37.3 Å². The molecule has 1 aromatic rings. The first-order chi connectivity index (χ1) is 11.7. The van der Waals surface area contributed by atoms with Gasteiger partial charge in [-0.2, -0.15) is 11.8 Å². The van der Waals surface area contributed by atoms with Gasteiger partial charge in [0.05, 0.1) is 6.67 Å². The van der Waals surface area contributed by atoms with Gasteiger partial charge in [-0.05, 0) is 42.8 Å². The number of urea groups is 1. The molecule has 3 saturated heterocycles. The molecule has 1 spiro atoms. The molecule has 128 valence electrons. The summed E-state index contributed by atoms with van der Waals surface area (Å²) in [4.78, 5) is 29.1. The molecule has 3 heterocycles. The van der Waals surface area contributed by atoms with Crippen LogP contribution in [0.25, 0.3) is 0 Å². The Kier molecular flexibility index (Phi) is 4.26. The molecule has 1 atom stereocenters. The van der Waals surface area contributed by atoms with Crippen molar-refractivity contribution in [1.29, 1.82) is 0 Å². The van der Waals surface area contributed by atoms with Gasteiger partial charge in [0, 0.05) is 12.6 Å². The van der Waals surface area contributed by atoms with Gasteiger partial charge in [0.2, 0.25) is 0 Å². The standard InChI is InChI=1S/C18H23N3O2S/c22-16-18(8-11-24-12-9-18)19-17(23)21(16)13-20-10-4-7-15(20)14-5-2-1-3-6-14/h1-3,5-6,15H,4,7-13H2,(H,19,23)/t15-/m1/s1. The third kappa shape index (κ3) is 2.71. The number of rotatable bonds is 3. The van der Waals surface area contributed by atoms with Crippen molar-refractivity contribution in [3.05, 3.63) is 35.9 Å². The number of nitrogens with zero attached hydrogens (tertiary/aromatic N) is 2. The van der Waals surface area contributed by atoms with Crippen molar-refractivity contribution in [2.24, 2.45) is 0 Å². The first-order valence-corrected chi connectivity index (χ1v) is 9.86. The molecule has 3 fully saturated rings. The number of thioether (sulfide) groups is 1. The molecule has 5 nitrogen and oxygen atoms in total. The Bertz CT molecular complexity index is 630. The Morgan fingerprint density at radius 3 is 2.67 bits per heavy atom. The molecule has 4 rings (SSSR count). The minimum absolute atomic E-state index is 0.0217. The first-order valence-electron chi connectivity index (χ1n) is 8.70. The highest BCUT2D eigenvalue weighted by atomic mass is 32.2. The number of carbonyl (C=O) groups is 2. The zero-order chi connectivity index (χ0) is 16.6. The van der Waals surface area contributed by atoms with E-state index < -0.39 is 5.54 Å². The molecule has 0 aliphatic carbocycles. The minimum atomic E-state index is -0.635. The van der Waals surface area contributed by atoms with E-state index in [2.05, 4.69) is 22.3 Å². The molecule has 3 aliphatic rings. The van der Waals surface area contributed by atoms with Crippen molar-refractivity contribution >= 4 is 23.7 Å². The van der Waals surface area contributed by atoms with Crippen LogP contribution in [0.5, 0.6) is 0 Å². The normalized spacial score (nSPS) is 27.0. The van der Waals surface area contributed by atoms with Crippen molar-refractivity contribution in [2.75, 3.05) is 24.7 Å². The third-order valence-electron chi connectivity index (χ3n) is 5.46. The molecule has 0 bridgehead atoms. The van der Waals surface area contributed by atoms with E-state index in [0.29, 0.717) is 12.7 Å². The number of nitrogens with one attached hydrogen (secondary N) is 1. The maximum atomic E-state index is 12.9. The van der Waals surface area contributed by atoms with Crippen LogP contribution in [0.2, 0.25) is 0 Å². The smallest absolute Gasteiger partial charge is 0.323 e. The molecule has 1 N–H and O–H groups in total. The van der Waals surface area contributed by atoms with E-state index in [9.17, 15) is 9.59 Å². The number of carbonyl (C=O) groups excluding carboxylic acids is 2. The molecule has 24 heavy (non-hydrogen) atoms. The average molecular weight is 345 g/mol. The second-order valence-electron chi connectivity index (χ2n) is 6.88. The quantitative estimate of drug-likeness (QED) is 0.856. The van der Waals surface area contributed by atoms with Crippen LogP contribution in [-0.2, 0) is 4.79 Å². The summed E-state index contributed by atoms with van der Waals surface area (Å²) < 4.78 is 0. The van der Waals surface area contributed by atoms with Crippen LogP contribution < -0.4 is 5.32 Å². The molecular formula is C18H23N3O2S. The van der Waals surface area contributed by atoms with Crippen molar-refractivity contribution in [1.82, 2.24) is 15.1 Å². The first kappa shape index (κ1) is 16.0. The highest BCUT2D eigenvalue weighted by Crippen LogP contribution is 2.35. The van der Waals surface area contributed by atoms with Crippen molar-refractivity contribution in [2.45, 2.75) is 37.3 Å². The summed E-state index contributed by atoms with van der Waals surface area (Å²) in [7, 11) is 0. The number of hydrogen-bond donors (Lipinski definition) is 1. The Morgan fingerprint density at radius 1 is 1.17 bits per heavy atom. The van der Waals surface area contributed by atoms with E-state index in [0.717, 1.165) is 43.7 Å². The highest BCUT2D eigenvalue weighted by Gasteiger charge is 2.52. The van der Waals surface area contributed by atoms with Gasteiger partial charge in [0.1, 0.15) is 5.54 Å². The van der Waals surface area contributed by atoms with E-state index >= 15 is 0 Å². The van der Waals surface area contributed by atoms with Gasteiger partial charge >= 0.3 is 6.03 Å². The van der Waals surface area contributed by atoms with E-state index in [1.165, 1.54) is 10.5 Å². The number of hydrogen-bond acceptors (Lipinski definition) is 4. The average Bonchev–Trinajstić information content (AvgIpc) is 3.16. The second-order valence-corrected chi connectivity index (χ2v) is 8.11. The van der Waals surface area contributed by atoms with Crippen molar-refractivity contribution < 1.29 is 9.59 Å². The predicted molar refractivity (Wildman–Crippen MR) is 94.7 cm³/mol. The van der Waals surface area contributed by atoms with E-state index in [4.69, 9.17) is 0 Å². The largest absolute Gasteiger partial charge is 0.326 e. The number of amides is 3. The summed E-state index contributed by atoms with van der Waals surface area (Å²) in [6, 6.07) is 10.5. The summed E-state index contributed by atoms with van der Waals surface area (Å²) in [6.07, 6.45) is 3.68. The monoisotopic (exact) mass is 345 g/mol. The van der Waals surface area contributed by atoms with E-state index in [1.807, 2.05) is 30.0 Å². The lowest BCUT2D eigenvalue weighted by Gasteiger charge is -2.31. The lowest BCUT2D eigenvalue weighted by Crippen LogP contribution is -2.50. The lowest BCUT2D eigenvalue weighted by molar-refractivity contribution is -0.133. The summed E-state index contributed by atoms with van der Waals surface area (Å²) in [5.41, 5.74) is 0.635. The molecule has 0 radical (unpaired) electrons. The lowest BCUT2D eigenvalue weighted by atomic mass is 9.92. The van der Waals surface area contributed by atoms with Crippen LogP contribution in [0.15, 0.2) is 30.3 Å². The SMILES string of the molecule is O=C1NC2(CCSCC2)C(=O)N1CN1CCC[C@@H]1c1ccccc1. The van der Waals surface area contributed by atoms with Gasteiger partial charge in [0.15, 0.2) is 0 Å². The summed E-state index contributed by atoms with van der Waals surface area (Å²) >= 11 is 1.86. The van der Waals surface area contributed by atoms with Crippen molar-refractivity contribution in [3.63, 3.8) is 0 Å². The van der Waals surface area contributed by atoms with Crippen LogP contribution in [-0.4, -0.2) is 52.0 Å². The fraction of sp³-hybridized carbons (Fsp3) is 0.556. The minimum Gasteiger partial charge on any atom is -0.323 e. The Labute approximate surface area is 146 Å². The number of likely N-dealkylation sites (tertiary alicyclic amines) is 1. The Hall–Kier alpha value is -1.53. The summed E-state index contributed by atoms with van der Waals surface area (Å²) in [6.45, 7) is 1.33. The van der Waals surface area contributed by atoms with E-state index in [1.54, 1.807) is 0 Å². The summed E-state index contributed by atoms with van der Waals surface area (Å²) in [5, 5.41) is 3.00. The van der Waals surface area contributed by atoms with Gasteiger partial charge in [-0.25, -0.2) is 9.69 Å². The topological polar surface area (TPSA) is 52.7 Å². The molecule has 3 aliphatic heterocycles. The fourth-order valence-electron chi connectivity index (χ4n) is 4.09. The van der Waals surface area contributed by atoms with Gasteiger partial charge < -0.3 is 5.32 Å². The summed E-state index contributed by atoms with van der Waals surface area (Å²) in [5.74, 6) is 1.86. The second kappa shape index (κ2) is 6.41. The zero-order valence-electron chi connectivity index (χ0n) is 13.7. The van der Waals surface area contributed by atoms with E-state index in [-0.39, 0.29) is 11.9 Å². The maximum Gasteiger partial charge on any atom is 0.326 e.